The minimum atomic E-state index is 0.666. The first-order valence-electron chi connectivity index (χ1n) is 5.36. The average Bonchev–Trinajstić information content (AvgIpc) is 2.38. The predicted octanol–water partition coefficient (Wildman–Crippen LogP) is 3.73. The number of benzene rings is 1. The summed E-state index contributed by atoms with van der Waals surface area (Å²) in [4.78, 5) is 4.31. The molecule has 0 saturated heterocycles. The molecule has 0 radical (unpaired) electrons. The first-order chi connectivity index (χ1) is 8.69. The van der Waals surface area contributed by atoms with Crippen molar-refractivity contribution in [3.8, 4) is 5.75 Å². The summed E-state index contributed by atoms with van der Waals surface area (Å²) in [6.07, 6.45) is 1.80. The molecule has 0 aliphatic rings. The highest BCUT2D eigenvalue weighted by Crippen LogP contribution is 2.26. The molecule has 0 atom stereocenters. The van der Waals surface area contributed by atoms with Crippen LogP contribution in [-0.4, -0.2) is 12.1 Å². The number of anilines is 1. The molecule has 2 aromatic rings. The molecule has 1 aromatic heterocycles. The number of nitrogens with zero attached hydrogens (tertiary/aromatic N) is 1. The van der Waals surface area contributed by atoms with Crippen LogP contribution < -0.4 is 10.5 Å². The number of pyridine rings is 1. The van der Waals surface area contributed by atoms with E-state index in [0.717, 1.165) is 20.8 Å². The summed E-state index contributed by atoms with van der Waals surface area (Å²) in [6.45, 7) is 0. The van der Waals surface area contributed by atoms with Gasteiger partial charge in [-0.05, 0) is 45.8 Å². The van der Waals surface area contributed by atoms with Crippen molar-refractivity contribution in [3.63, 3.8) is 0 Å². The van der Waals surface area contributed by atoms with E-state index in [0.29, 0.717) is 11.4 Å². The maximum Gasteiger partial charge on any atom is 0.141 e. The third-order valence-electron chi connectivity index (χ3n) is 2.38. The molecule has 94 valence electrons. The summed E-state index contributed by atoms with van der Waals surface area (Å²) in [7, 11) is 1.62. The summed E-state index contributed by atoms with van der Waals surface area (Å²) in [5.74, 6) is 1.55. The molecule has 0 fully saturated rings. The van der Waals surface area contributed by atoms with Gasteiger partial charge in [0.05, 0.1) is 17.8 Å². The van der Waals surface area contributed by atoms with Gasteiger partial charge in [-0.25, -0.2) is 4.98 Å². The zero-order valence-electron chi connectivity index (χ0n) is 9.89. The van der Waals surface area contributed by atoms with Crippen LogP contribution >= 0.6 is 27.7 Å². The van der Waals surface area contributed by atoms with Crippen molar-refractivity contribution in [3.05, 3.63) is 46.6 Å². The Bertz CT molecular complexity index is 531. The minimum absolute atomic E-state index is 0.666. The highest BCUT2D eigenvalue weighted by atomic mass is 79.9. The minimum Gasteiger partial charge on any atom is -0.495 e. The Kier molecular flexibility index (Phi) is 4.49. The van der Waals surface area contributed by atoms with E-state index < -0.39 is 0 Å². The first kappa shape index (κ1) is 13.2. The molecule has 0 aliphatic heterocycles. The Labute approximate surface area is 119 Å². The first-order valence-corrected chi connectivity index (χ1v) is 7.13. The second-order valence-electron chi connectivity index (χ2n) is 3.68. The summed E-state index contributed by atoms with van der Waals surface area (Å²) >= 11 is 5.04. The fourth-order valence-electron chi connectivity index (χ4n) is 1.48. The van der Waals surface area contributed by atoms with Crippen LogP contribution in [0.1, 0.15) is 5.56 Å². The standard InChI is InChI=1S/C13H13BrN2OS/c1-17-12-4-2-9(6-11(12)15)8-18-13-5-3-10(14)7-16-13/h2-7H,8,15H2,1H3. The van der Waals surface area contributed by atoms with Crippen LogP contribution in [-0.2, 0) is 5.75 Å². The van der Waals surface area contributed by atoms with Gasteiger partial charge in [0.25, 0.3) is 0 Å². The normalized spacial score (nSPS) is 10.3. The lowest BCUT2D eigenvalue weighted by molar-refractivity contribution is 0.417. The van der Waals surface area contributed by atoms with E-state index >= 15 is 0 Å². The van der Waals surface area contributed by atoms with E-state index in [-0.39, 0.29) is 0 Å². The quantitative estimate of drug-likeness (QED) is 0.687. The Morgan fingerprint density at radius 2 is 2.17 bits per heavy atom. The molecule has 0 bridgehead atoms. The molecule has 0 unspecified atom stereocenters. The number of rotatable bonds is 4. The van der Waals surface area contributed by atoms with Gasteiger partial charge in [-0.1, -0.05) is 6.07 Å². The van der Waals surface area contributed by atoms with Crippen LogP contribution in [0, 0.1) is 0 Å². The van der Waals surface area contributed by atoms with Crippen LogP contribution in [0.15, 0.2) is 46.0 Å². The van der Waals surface area contributed by atoms with Gasteiger partial charge in [-0.15, -0.1) is 11.8 Å². The van der Waals surface area contributed by atoms with Gasteiger partial charge in [-0.2, -0.15) is 0 Å². The van der Waals surface area contributed by atoms with Gasteiger partial charge < -0.3 is 10.5 Å². The Morgan fingerprint density at radius 1 is 1.33 bits per heavy atom. The lowest BCUT2D eigenvalue weighted by Crippen LogP contribution is -1.93. The molecule has 1 aromatic carbocycles. The van der Waals surface area contributed by atoms with Gasteiger partial charge in [0.2, 0.25) is 0 Å². The number of nitrogens with two attached hydrogens (primary N) is 1. The zero-order chi connectivity index (χ0) is 13.0. The lowest BCUT2D eigenvalue weighted by atomic mass is 10.2. The van der Waals surface area contributed by atoms with Gasteiger partial charge in [0, 0.05) is 16.4 Å². The molecule has 0 saturated carbocycles. The third-order valence-corrected chi connectivity index (χ3v) is 3.87. The van der Waals surface area contributed by atoms with Crippen molar-refractivity contribution in [1.82, 2.24) is 4.98 Å². The number of aromatic nitrogens is 1. The van der Waals surface area contributed by atoms with Crippen molar-refractivity contribution >= 4 is 33.4 Å². The van der Waals surface area contributed by atoms with E-state index in [2.05, 4.69) is 20.9 Å². The van der Waals surface area contributed by atoms with Crippen LogP contribution in [0.25, 0.3) is 0 Å². The average molecular weight is 325 g/mol. The molecule has 0 amide bonds. The van der Waals surface area contributed by atoms with Gasteiger partial charge in [-0.3, -0.25) is 0 Å². The largest absolute Gasteiger partial charge is 0.495 e. The SMILES string of the molecule is COc1ccc(CSc2ccc(Br)cn2)cc1N. The molecular formula is C13H13BrN2OS. The topological polar surface area (TPSA) is 48.1 Å². The van der Waals surface area contributed by atoms with Gasteiger partial charge in [0.1, 0.15) is 5.75 Å². The second kappa shape index (κ2) is 6.11. The van der Waals surface area contributed by atoms with E-state index in [4.69, 9.17) is 10.5 Å². The zero-order valence-corrected chi connectivity index (χ0v) is 12.3. The summed E-state index contributed by atoms with van der Waals surface area (Å²) < 4.78 is 6.11. The number of thioether (sulfide) groups is 1. The van der Waals surface area contributed by atoms with Gasteiger partial charge >= 0.3 is 0 Å². The summed E-state index contributed by atoms with van der Waals surface area (Å²) in [6, 6.07) is 9.81. The summed E-state index contributed by atoms with van der Waals surface area (Å²) in [5, 5.41) is 0.993. The second-order valence-corrected chi connectivity index (χ2v) is 5.59. The van der Waals surface area contributed by atoms with E-state index in [1.165, 1.54) is 0 Å². The smallest absolute Gasteiger partial charge is 0.141 e. The molecule has 18 heavy (non-hydrogen) atoms. The number of halogens is 1. The Hall–Kier alpha value is -1.20. The monoisotopic (exact) mass is 324 g/mol. The molecule has 5 heteroatoms. The number of ether oxygens (including phenoxy) is 1. The van der Waals surface area contributed by atoms with E-state index in [9.17, 15) is 0 Å². The number of hydrogen-bond donors (Lipinski definition) is 1. The van der Waals surface area contributed by atoms with Crippen molar-refractivity contribution in [1.29, 1.82) is 0 Å². The van der Waals surface area contributed by atoms with Crippen molar-refractivity contribution in [2.24, 2.45) is 0 Å². The maximum atomic E-state index is 5.86. The predicted molar refractivity (Wildman–Crippen MR) is 78.9 cm³/mol. The maximum absolute atomic E-state index is 5.86. The highest BCUT2D eigenvalue weighted by Gasteiger charge is 2.02. The molecule has 3 nitrogen and oxygen atoms in total. The number of hydrogen-bond acceptors (Lipinski definition) is 4. The number of nitrogen functional groups attached to an aromatic ring is 1. The Morgan fingerprint density at radius 3 is 2.78 bits per heavy atom. The third kappa shape index (κ3) is 3.40. The van der Waals surface area contributed by atoms with Crippen LogP contribution in [0.2, 0.25) is 0 Å². The van der Waals surface area contributed by atoms with Crippen molar-refractivity contribution in [2.45, 2.75) is 10.8 Å². The van der Waals surface area contributed by atoms with Crippen LogP contribution in [0.4, 0.5) is 5.69 Å². The van der Waals surface area contributed by atoms with Gasteiger partial charge in [0.15, 0.2) is 0 Å². The molecular weight excluding hydrogens is 312 g/mol. The molecule has 1 heterocycles. The van der Waals surface area contributed by atoms with E-state index in [1.54, 1.807) is 25.1 Å². The molecule has 0 aliphatic carbocycles. The van der Waals surface area contributed by atoms with Crippen molar-refractivity contribution in [2.75, 3.05) is 12.8 Å². The van der Waals surface area contributed by atoms with Crippen LogP contribution in [0.5, 0.6) is 5.75 Å². The summed E-state index contributed by atoms with van der Waals surface area (Å²) in [5.41, 5.74) is 7.69. The highest BCUT2D eigenvalue weighted by molar-refractivity contribution is 9.10. The van der Waals surface area contributed by atoms with E-state index in [1.807, 2.05) is 30.3 Å². The van der Waals surface area contributed by atoms with Crippen LogP contribution in [0.3, 0.4) is 0 Å². The van der Waals surface area contributed by atoms with Crippen molar-refractivity contribution < 1.29 is 4.74 Å². The fourth-order valence-corrected chi connectivity index (χ4v) is 2.50. The molecule has 2 rings (SSSR count). The molecule has 2 N–H and O–H groups in total. The lowest BCUT2D eigenvalue weighted by Gasteiger charge is -2.07. The fraction of sp³-hybridized carbons (Fsp3) is 0.154. The molecule has 0 spiro atoms. The number of methoxy groups -OCH3 is 1. The Balaban J connectivity index is 2.02.